The highest BCUT2D eigenvalue weighted by Crippen LogP contribution is 2.21. The predicted molar refractivity (Wildman–Crippen MR) is 80.6 cm³/mol. The second-order valence-electron chi connectivity index (χ2n) is 4.96. The second kappa shape index (κ2) is 5.85. The Kier molecular flexibility index (Phi) is 3.92. The number of carbonyl (C=O) groups excluding carboxylic acids is 1. The Morgan fingerprint density at radius 2 is 2.24 bits per heavy atom. The van der Waals surface area contributed by atoms with Crippen LogP contribution in [0.25, 0.3) is 0 Å². The molecule has 0 unspecified atom stereocenters. The van der Waals surface area contributed by atoms with Crippen molar-refractivity contribution in [1.82, 2.24) is 14.8 Å². The molecule has 0 saturated heterocycles. The Balaban J connectivity index is 1.71. The van der Waals surface area contributed by atoms with Gasteiger partial charge in [-0.2, -0.15) is 0 Å². The molecular formula is C14H15BrN4O2. The first kappa shape index (κ1) is 14.1. The van der Waals surface area contributed by atoms with Gasteiger partial charge in [0.15, 0.2) is 12.4 Å². The number of aromatic nitrogens is 3. The number of nitrogens with zero attached hydrogens (tertiary/aromatic N) is 3. The summed E-state index contributed by atoms with van der Waals surface area (Å²) in [5.74, 6) is 1.23. The number of hydrogen-bond acceptors (Lipinski definition) is 5. The molecule has 0 aliphatic carbocycles. The minimum atomic E-state index is -0.428. The maximum atomic E-state index is 12.1. The normalized spacial score (nSPS) is 13.8. The van der Waals surface area contributed by atoms with Crippen molar-refractivity contribution < 1.29 is 9.53 Å². The van der Waals surface area contributed by atoms with Gasteiger partial charge in [-0.3, -0.25) is 0 Å². The van der Waals surface area contributed by atoms with E-state index in [0.717, 1.165) is 31.6 Å². The number of ether oxygens (including phenoxy) is 1. The molecule has 1 aromatic carbocycles. The van der Waals surface area contributed by atoms with E-state index in [1.54, 1.807) is 18.2 Å². The van der Waals surface area contributed by atoms with Crippen molar-refractivity contribution in [2.75, 3.05) is 5.73 Å². The summed E-state index contributed by atoms with van der Waals surface area (Å²) in [4.78, 5) is 12.1. The average Bonchev–Trinajstić information content (AvgIpc) is 2.90. The Morgan fingerprint density at radius 1 is 1.38 bits per heavy atom. The molecule has 1 aromatic heterocycles. The van der Waals surface area contributed by atoms with Crippen LogP contribution in [0, 0.1) is 0 Å². The van der Waals surface area contributed by atoms with Crippen LogP contribution >= 0.6 is 15.9 Å². The van der Waals surface area contributed by atoms with Gasteiger partial charge in [0.1, 0.15) is 5.82 Å². The maximum absolute atomic E-state index is 12.1. The Morgan fingerprint density at radius 3 is 3.10 bits per heavy atom. The molecule has 6 nitrogen and oxygen atoms in total. The molecule has 2 N–H and O–H groups in total. The SMILES string of the molecule is Nc1ccc(Br)c(C(=O)OCc2nnc3n2CCCC3)c1. The fourth-order valence-corrected chi connectivity index (χ4v) is 2.79. The number of nitrogens with two attached hydrogens (primary N) is 1. The summed E-state index contributed by atoms with van der Waals surface area (Å²) in [6.45, 7) is 1.00. The molecular weight excluding hydrogens is 336 g/mol. The van der Waals surface area contributed by atoms with E-state index < -0.39 is 5.97 Å². The van der Waals surface area contributed by atoms with E-state index in [1.807, 2.05) is 4.57 Å². The standard InChI is InChI=1S/C14H15BrN4O2/c15-11-5-4-9(16)7-10(11)14(20)21-8-13-18-17-12-3-1-2-6-19(12)13/h4-5,7H,1-3,6,8,16H2. The molecule has 7 heteroatoms. The number of rotatable bonds is 3. The van der Waals surface area contributed by atoms with E-state index in [-0.39, 0.29) is 6.61 Å². The number of fused-ring (bicyclic) bond motifs is 1. The highest BCUT2D eigenvalue weighted by molar-refractivity contribution is 9.10. The number of halogens is 1. The quantitative estimate of drug-likeness (QED) is 0.678. The van der Waals surface area contributed by atoms with E-state index in [2.05, 4.69) is 26.1 Å². The molecule has 0 spiro atoms. The van der Waals surface area contributed by atoms with Crippen LogP contribution in [0.2, 0.25) is 0 Å². The van der Waals surface area contributed by atoms with Crippen molar-refractivity contribution in [2.45, 2.75) is 32.4 Å². The first-order chi connectivity index (χ1) is 10.1. The lowest BCUT2D eigenvalue weighted by Gasteiger charge is -2.14. The van der Waals surface area contributed by atoms with Gasteiger partial charge in [0.2, 0.25) is 0 Å². The molecule has 0 atom stereocenters. The summed E-state index contributed by atoms with van der Waals surface area (Å²) >= 11 is 3.32. The van der Waals surface area contributed by atoms with Gasteiger partial charge in [-0.25, -0.2) is 4.79 Å². The molecule has 1 aliphatic heterocycles. The molecule has 2 heterocycles. The van der Waals surface area contributed by atoms with E-state index in [4.69, 9.17) is 10.5 Å². The van der Waals surface area contributed by atoms with Crippen molar-refractivity contribution in [3.05, 3.63) is 39.9 Å². The number of benzene rings is 1. The number of hydrogen-bond donors (Lipinski definition) is 1. The van der Waals surface area contributed by atoms with Crippen LogP contribution in [0.5, 0.6) is 0 Å². The van der Waals surface area contributed by atoms with E-state index in [1.165, 1.54) is 0 Å². The number of anilines is 1. The highest BCUT2D eigenvalue weighted by atomic mass is 79.9. The molecule has 0 radical (unpaired) electrons. The van der Waals surface area contributed by atoms with Crippen LogP contribution < -0.4 is 5.73 Å². The Hall–Kier alpha value is -1.89. The van der Waals surface area contributed by atoms with Crippen molar-refractivity contribution in [2.24, 2.45) is 0 Å². The van der Waals surface area contributed by atoms with Crippen LogP contribution in [-0.2, 0) is 24.3 Å². The van der Waals surface area contributed by atoms with E-state index >= 15 is 0 Å². The lowest BCUT2D eigenvalue weighted by molar-refractivity contribution is 0.0455. The van der Waals surface area contributed by atoms with Gasteiger partial charge in [0.25, 0.3) is 0 Å². The predicted octanol–water partition coefficient (Wildman–Crippen LogP) is 2.32. The zero-order valence-corrected chi connectivity index (χ0v) is 13.0. The summed E-state index contributed by atoms with van der Waals surface area (Å²) < 4.78 is 8.02. The number of aryl methyl sites for hydroxylation is 1. The van der Waals surface area contributed by atoms with E-state index in [0.29, 0.717) is 21.5 Å². The molecule has 110 valence electrons. The fourth-order valence-electron chi connectivity index (χ4n) is 2.38. The zero-order chi connectivity index (χ0) is 14.8. The third-order valence-electron chi connectivity index (χ3n) is 3.48. The summed E-state index contributed by atoms with van der Waals surface area (Å²) in [5.41, 5.74) is 6.62. The second-order valence-corrected chi connectivity index (χ2v) is 5.81. The Labute approximate surface area is 130 Å². The van der Waals surface area contributed by atoms with Gasteiger partial charge in [-0.05, 0) is 47.0 Å². The van der Waals surface area contributed by atoms with Crippen LogP contribution in [-0.4, -0.2) is 20.7 Å². The van der Waals surface area contributed by atoms with Gasteiger partial charge in [-0.15, -0.1) is 10.2 Å². The van der Waals surface area contributed by atoms with Gasteiger partial charge in [0, 0.05) is 23.1 Å². The summed E-state index contributed by atoms with van der Waals surface area (Å²) in [5, 5.41) is 8.23. The minimum Gasteiger partial charge on any atom is -0.454 e. The zero-order valence-electron chi connectivity index (χ0n) is 11.4. The molecule has 21 heavy (non-hydrogen) atoms. The van der Waals surface area contributed by atoms with Gasteiger partial charge >= 0.3 is 5.97 Å². The smallest absolute Gasteiger partial charge is 0.339 e. The average molecular weight is 351 g/mol. The maximum Gasteiger partial charge on any atom is 0.339 e. The fraction of sp³-hybridized carbons (Fsp3) is 0.357. The number of nitrogen functional groups attached to an aromatic ring is 1. The van der Waals surface area contributed by atoms with Crippen LogP contribution in [0.15, 0.2) is 22.7 Å². The van der Waals surface area contributed by atoms with Crippen molar-refractivity contribution >= 4 is 27.6 Å². The highest BCUT2D eigenvalue weighted by Gasteiger charge is 2.18. The van der Waals surface area contributed by atoms with Gasteiger partial charge in [0.05, 0.1) is 5.56 Å². The van der Waals surface area contributed by atoms with Crippen molar-refractivity contribution in [3.63, 3.8) is 0 Å². The molecule has 0 amide bonds. The molecule has 2 aromatic rings. The first-order valence-corrected chi connectivity index (χ1v) is 7.57. The molecule has 0 saturated carbocycles. The monoisotopic (exact) mass is 350 g/mol. The lowest BCUT2D eigenvalue weighted by Crippen LogP contribution is -2.15. The summed E-state index contributed by atoms with van der Waals surface area (Å²) in [6, 6.07) is 5.03. The first-order valence-electron chi connectivity index (χ1n) is 6.78. The third-order valence-corrected chi connectivity index (χ3v) is 4.17. The molecule has 0 fully saturated rings. The van der Waals surface area contributed by atoms with E-state index in [9.17, 15) is 4.79 Å². The topological polar surface area (TPSA) is 83.0 Å². The van der Waals surface area contributed by atoms with Crippen LogP contribution in [0.4, 0.5) is 5.69 Å². The molecule has 0 bridgehead atoms. The third kappa shape index (κ3) is 2.92. The number of carbonyl (C=O) groups is 1. The lowest BCUT2D eigenvalue weighted by atomic mass is 10.2. The Bertz CT molecular complexity index is 684. The molecule has 1 aliphatic rings. The van der Waals surface area contributed by atoms with Crippen LogP contribution in [0.3, 0.4) is 0 Å². The van der Waals surface area contributed by atoms with Crippen molar-refractivity contribution in [3.8, 4) is 0 Å². The summed E-state index contributed by atoms with van der Waals surface area (Å²) in [7, 11) is 0. The van der Waals surface area contributed by atoms with Crippen molar-refractivity contribution in [1.29, 1.82) is 0 Å². The largest absolute Gasteiger partial charge is 0.454 e. The van der Waals surface area contributed by atoms with Gasteiger partial charge in [-0.1, -0.05) is 0 Å². The van der Waals surface area contributed by atoms with Crippen LogP contribution in [0.1, 0.15) is 34.8 Å². The minimum absolute atomic E-state index is 0.118. The molecule has 3 rings (SSSR count). The van der Waals surface area contributed by atoms with Gasteiger partial charge < -0.3 is 15.0 Å². The number of esters is 1. The summed E-state index contributed by atoms with van der Waals surface area (Å²) in [6.07, 6.45) is 3.17.